The first kappa shape index (κ1) is 12.5. The van der Waals surface area contributed by atoms with Crippen molar-refractivity contribution in [3.05, 3.63) is 23.8 Å². The number of amides is 1. The first-order valence-corrected chi connectivity index (χ1v) is 5.26. The molecule has 0 radical (unpaired) electrons. The average molecular weight is 222 g/mol. The zero-order valence-corrected chi connectivity index (χ0v) is 9.91. The second-order valence-electron chi connectivity index (χ2n) is 3.87. The first-order chi connectivity index (χ1) is 7.58. The number of ether oxygens (including phenoxy) is 1. The molecule has 0 aliphatic heterocycles. The Morgan fingerprint density at radius 3 is 2.69 bits per heavy atom. The maximum Gasteiger partial charge on any atom is 0.238 e. The molecule has 0 unspecified atom stereocenters. The van der Waals surface area contributed by atoms with Gasteiger partial charge in [0.05, 0.1) is 19.3 Å². The molecule has 0 heterocycles. The maximum absolute atomic E-state index is 11.2. The highest BCUT2D eigenvalue weighted by Crippen LogP contribution is 2.28. The van der Waals surface area contributed by atoms with Crippen molar-refractivity contribution in [2.75, 3.05) is 19.0 Å². The Balaban J connectivity index is 2.97. The van der Waals surface area contributed by atoms with Crippen molar-refractivity contribution >= 4 is 11.6 Å². The summed E-state index contributed by atoms with van der Waals surface area (Å²) >= 11 is 0. The number of methoxy groups -OCH3 is 1. The summed E-state index contributed by atoms with van der Waals surface area (Å²) in [6.45, 7) is 4.18. The van der Waals surface area contributed by atoms with Gasteiger partial charge in [-0.3, -0.25) is 4.79 Å². The fourth-order valence-electron chi connectivity index (χ4n) is 1.37. The van der Waals surface area contributed by atoms with E-state index in [1.54, 1.807) is 7.11 Å². The molecule has 3 N–H and O–H groups in total. The van der Waals surface area contributed by atoms with Crippen LogP contribution in [0.5, 0.6) is 5.75 Å². The molecule has 1 aromatic carbocycles. The first-order valence-electron chi connectivity index (χ1n) is 5.26. The Morgan fingerprint density at radius 2 is 2.19 bits per heavy atom. The number of rotatable bonds is 4. The van der Waals surface area contributed by atoms with Crippen molar-refractivity contribution in [2.24, 2.45) is 5.73 Å². The van der Waals surface area contributed by atoms with Crippen LogP contribution in [0.2, 0.25) is 0 Å². The van der Waals surface area contributed by atoms with Crippen LogP contribution in [0.3, 0.4) is 0 Å². The van der Waals surface area contributed by atoms with Crippen molar-refractivity contribution in [1.82, 2.24) is 0 Å². The van der Waals surface area contributed by atoms with Gasteiger partial charge in [0.1, 0.15) is 5.75 Å². The normalized spacial score (nSPS) is 10.3. The van der Waals surface area contributed by atoms with Crippen LogP contribution in [0.15, 0.2) is 18.2 Å². The summed E-state index contributed by atoms with van der Waals surface area (Å²) in [5, 5.41) is 2.69. The minimum atomic E-state index is -0.226. The average Bonchev–Trinajstić information content (AvgIpc) is 2.29. The summed E-state index contributed by atoms with van der Waals surface area (Å²) in [5.41, 5.74) is 7.06. The third kappa shape index (κ3) is 2.97. The van der Waals surface area contributed by atoms with E-state index < -0.39 is 0 Å². The minimum absolute atomic E-state index is 0.0327. The van der Waals surface area contributed by atoms with Crippen LogP contribution in [-0.2, 0) is 4.79 Å². The Labute approximate surface area is 95.8 Å². The highest BCUT2D eigenvalue weighted by Gasteiger charge is 2.08. The summed E-state index contributed by atoms with van der Waals surface area (Å²) in [7, 11) is 1.58. The molecule has 0 aliphatic carbocycles. The molecule has 0 saturated carbocycles. The zero-order chi connectivity index (χ0) is 12.1. The summed E-state index contributed by atoms with van der Waals surface area (Å²) in [5.74, 6) is 0.858. The molecule has 0 aliphatic rings. The van der Waals surface area contributed by atoms with Crippen molar-refractivity contribution < 1.29 is 9.53 Å². The van der Waals surface area contributed by atoms with Gasteiger partial charge in [0.2, 0.25) is 5.91 Å². The number of hydrogen-bond acceptors (Lipinski definition) is 3. The Bertz CT molecular complexity index is 375. The molecular formula is C12H18N2O2. The van der Waals surface area contributed by atoms with Crippen LogP contribution in [-0.4, -0.2) is 19.6 Å². The maximum atomic E-state index is 11.2. The molecule has 88 valence electrons. The van der Waals surface area contributed by atoms with Crippen molar-refractivity contribution in [1.29, 1.82) is 0 Å². The second kappa shape index (κ2) is 5.51. The monoisotopic (exact) mass is 222 g/mol. The van der Waals surface area contributed by atoms with E-state index in [9.17, 15) is 4.79 Å². The molecule has 4 heteroatoms. The molecule has 4 nitrogen and oxygen atoms in total. The van der Waals surface area contributed by atoms with Crippen LogP contribution in [0, 0.1) is 0 Å². The van der Waals surface area contributed by atoms with Gasteiger partial charge in [-0.05, 0) is 23.6 Å². The molecular weight excluding hydrogens is 204 g/mol. The van der Waals surface area contributed by atoms with E-state index >= 15 is 0 Å². The van der Waals surface area contributed by atoms with Gasteiger partial charge < -0.3 is 15.8 Å². The van der Waals surface area contributed by atoms with Crippen LogP contribution in [0.4, 0.5) is 5.69 Å². The number of hydrogen-bond donors (Lipinski definition) is 2. The number of anilines is 1. The lowest BCUT2D eigenvalue weighted by molar-refractivity contribution is -0.114. The quantitative estimate of drug-likeness (QED) is 0.815. The Morgan fingerprint density at radius 1 is 1.50 bits per heavy atom. The van der Waals surface area contributed by atoms with E-state index in [0.717, 1.165) is 0 Å². The largest absolute Gasteiger partial charge is 0.495 e. The van der Waals surface area contributed by atoms with Crippen molar-refractivity contribution in [3.8, 4) is 5.75 Å². The molecule has 1 amide bonds. The molecule has 1 aromatic rings. The van der Waals surface area contributed by atoms with Gasteiger partial charge in [-0.2, -0.15) is 0 Å². The highest BCUT2D eigenvalue weighted by molar-refractivity contribution is 5.93. The van der Waals surface area contributed by atoms with E-state index in [1.807, 2.05) is 18.2 Å². The fraction of sp³-hybridized carbons (Fsp3) is 0.417. The predicted molar refractivity (Wildman–Crippen MR) is 64.8 cm³/mol. The number of benzene rings is 1. The van der Waals surface area contributed by atoms with Crippen LogP contribution < -0.4 is 15.8 Å². The standard InChI is InChI=1S/C12H18N2O2/c1-8(2)9-4-5-10(11(6-9)16-3)14-12(15)7-13/h4-6,8H,7,13H2,1-3H3,(H,14,15). The Hall–Kier alpha value is -1.55. The third-order valence-electron chi connectivity index (χ3n) is 2.35. The summed E-state index contributed by atoms with van der Waals surface area (Å²) in [6.07, 6.45) is 0. The SMILES string of the molecule is COc1cc(C(C)C)ccc1NC(=O)CN. The Kier molecular flexibility index (Phi) is 4.31. The van der Waals surface area contributed by atoms with E-state index in [1.165, 1.54) is 5.56 Å². The van der Waals surface area contributed by atoms with Gasteiger partial charge in [-0.25, -0.2) is 0 Å². The van der Waals surface area contributed by atoms with E-state index in [2.05, 4.69) is 19.2 Å². The predicted octanol–water partition coefficient (Wildman–Crippen LogP) is 1.72. The van der Waals surface area contributed by atoms with Gasteiger partial charge in [-0.15, -0.1) is 0 Å². The molecule has 1 rings (SSSR count). The molecule has 0 aromatic heterocycles. The van der Waals surface area contributed by atoms with Gasteiger partial charge in [-0.1, -0.05) is 19.9 Å². The van der Waals surface area contributed by atoms with Crippen molar-refractivity contribution in [3.63, 3.8) is 0 Å². The van der Waals surface area contributed by atoms with E-state index in [0.29, 0.717) is 17.4 Å². The molecule has 0 atom stereocenters. The molecule has 0 fully saturated rings. The minimum Gasteiger partial charge on any atom is -0.495 e. The molecule has 16 heavy (non-hydrogen) atoms. The van der Waals surface area contributed by atoms with E-state index in [4.69, 9.17) is 10.5 Å². The lowest BCUT2D eigenvalue weighted by atomic mass is 10.0. The number of nitrogens with one attached hydrogen (secondary N) is 1. The second-order valence-corrected chi connectivity index (χ2v) is 3.87. The van der Waals surface area contributed by atoms with Gasteiger partial charge in [0, 0.05) is 0 Å². The van der Waals surface area contributed by atoms with Crippen LogP contribution in [0.25, 0.3) is 0 Å². The van der Waals surface area contributed by atoms with Crippen LogP contribution in [0.1, 0.15) is 25.3 Å². The zero-order valence-electron chi connectivity index (χ0n) is 9.91. The number of nitrogens with two attached hydrogens (primary N) is 1. The van der Waals surface area contributed by atoms with Gasteiger partial charge in [0.15, 0.2) is 0 Å². The van der Waals surface area contributed by atoms with Crippen LogP contribution >= 0.6 is 0 Å². The highest BCUT2D eigenvalue weighted by atomic mass is 16.5. The molecule has 0 bridgehead atoms. The summed E-state index contributed by atoms with van der Waals surface area (Å²) in [6, 6.07) is 5.73. The number of carbonyl (C=O) groups excluding carboxylic acids is 1. The van der Waals surface area contributed by atoms with Gasteiger partial charge >= 0.3 is 0 Å². The van der Waals surface area contributed by atoms with E-state index in [-0.39, 0.29) is 12.5 Å². The molecule has 0 spiro atoms. The third-order valence-corrected chi connectivity index (χ3v) is 2.35. The summed E-state index contributed by atoms with van der Waals surface area (Å²) in [4.78, 5) is 11.2. The smallest absolute Gasteiger partial charge is 0.238 e. The summed E-state index contributed by atoms with van der Waals surface area (Å²) < 4.78 is 5.23. The van der Waals surface area contributed by atoms with Crippen molar-refractivity contribution in [2.45, 2.75) is 19.8 Å². The lowest BCUT2D eigenvalue weighted by Crippen LogP contribution is -2.22. The topological polar surface area (TPSA) is 64.3 Å². The lowest BCUT2D eigenvalue weighted by Gasteiger charge is -2.13. The fourth-order valence-corrected chi connectivity index (χ4v) is 1.37. The molecule has 0 saturated heterocycles. The number of carbonyl (C=O) groups is 1. The van der Waals surface area contributed by atoms with Gasteiger partial charge in [0.25, 0.3) is 0 Å².